The predicted octanol–water partition coefficient (Wildman–Crippen LogP) is 2.84. The molecule has 0 radical (unpaired) electrons. The molecule has 0 bridgehead atoms. The van der Waals surface area contributed by atoms with Gasteiger partial charge in [-0.15, -0.1) is 0 Å². The van der Waals surface area contributed by atoms with E-state index in [0.29, 0.717) is 34.8 Å². The molecule has 1 fully saturated rings. The summed E-state index contributed by atoms with van der Waals surface area (Å²) in [6, 6.07) is 10.8. The molecule has 0 saturated heterocycles. The van der Waals surface area contributed by atoms with Crippen LogP contribution in [0, 0.1) is 6.92 Å². The van der Waals surface area contributed by atoms with Gasteiger partial charge in [-0.05, 0) is 38.3 Å². The number of nitrogens with one attached hydrogen (secondary N) is 2. The van der Waals surface area contributed by atoms with Crippen LogP contribution in [-0.4, -0.2) is 28.0 Å². The first kappa shape index (κ1) is 18.2. The highest BCUT2D eigenvalue weighted by atomic mass is 16.5. The lowest BCUT2D eigenvalue weighted by Crippen LogP contribution is -2.44. The number of aromatic nitrogens is 2. The first-order valence-corrected chi connectivity index (χ1v) is 9.42. The second kappa shape index (κ2) is 7.42. The maximum absolute atomic E-state index is 12.9. The van der Waals surface area contributed by atoms with Crippen LogP contribution >= 0.6 is 0 Å². The standard InChI is InChI=1S/C21H22N4O3/c1-12-18-16(10-17(15-8-9-15)24-21(18)28-25-12)20(27)23-13(2)19(26)22-11-14-6-4-3-5-7-14/h3-7,10,13,15H,8-9,11H2,1-2H3,(H,22,26)(H,23,27)/t13-/m0/s1. The van der Waals surface area contributed by atoms with Gasteiger partial charge >= 0.3 is 0 Å². The van der Waals surface area contributed by atoms with Crippen molar-refractivity contribution in [2.24, 2.45) is 0 Å². The number of carbonyl (C=O) groups is 2. The van der Waals surface area contributed by atoms with Gasteiger partial charge in [0.05, 0.1) is 16.6 Å². The van der Waals surface area contributed by atoms with Crippen molar-refractivity contribution in [3.05, 3.63) is 58.9 Å². The Balaban J connectivity index is 1.48. The number of hydrogen-bond donors (Lipinski definition) is 2. The molecule has 7 nitrogen and oxygen atoms in total. The molecule has 1 aliphatic rings. The van der Waals surface area contributed by atoms with E-state index in [-0.39, 0.29) is 11.8 Å². The Labute approximate surface area is 162 Å². The van der Waals surface area contributed by atoms with E-state index in [9.17, 15) is 9.59 Å². The summed E-state index contributed by atoms with van der Waals surface area (Å²) < 4.78 is 5.28. The smallest absolute Gasteiger partial charge is 0.259 e. The topological polar surface area (TPSA) is 97.1 Å². The summed E-state index contributed by atoms with van der Waals surface area (Å²) in [5, 5.41) is 10.2. The molecular weight excluding hydrogens is 356 g/mol. The zero-order chi connectivity index (χ0) is 19.7. The number of hydrogen-bond acceptors (Lipinski definition) is 5. The van der Waals surface area contributed by atoms with Crippen LogP contribution in [0.4, 0.5) is 0 Å². The van der Waals surface area contributed by atoms with Crippen LogP contribution in [0.3, 0.4) is 0 Å². The van der Waals surface area contributed by atoms with Crippen molar-refractivity contribution in [3.8, 4) is 0 Å². The number of pyridine rings is 1. The lowest BCUT2D eigenvalue weighted by atomic mass is 10.1. The Hall–Kier alpha value is -3.22. The van der Waals surface area contributed by atoms with Crippen LogP contribution in [-0.2, 0) is 11.3 Å². The third kappa shape index (κ3) is 3.74. The minimum atomic E-state index is -0.677. The Morgan fingerprint density at radius 3 is 2.71 bits per heavy atom. The fourth-order valence-corrected chi connectivity index (χ4v) is 3.16. The molecule has 4 rings (SSSR count). The third-order valence-corrected chi connectivity index (χ3v) is 4.93. The largest absolute Gasteiger partial charge is 0.350 e. The molecule has 1 aliphatic carbocycles. The van der Waals surface area contributed by atoms with Crippen LogP contribution < -0.4 is 10.6 Å². The first-order valence-electron chi connectivity index (χ1n) is 9.42. The molecule has 2 N–H and O–H groups in total. The molecule has 0 unspecified atom stereocenters. The van der Waals surface area contributed by atoms with Crippen LogP contribution in [0.25, 0.3) is 11.1 Å². The fraction of sp³-hybridized carbons (Fsp3) is 0.333. The van der Waals surface area contributed by atoms with E-state index in [1.807, 2.05) is 30.3 Å². The van der Waals surface area contributed by atoms with Crippen LogP contribution in [0.5, 0.6) is 0 Å². The summed E-state index contributed by atoms with van der Waals surface area (Å²) in [6.07, 6.45) is 2.12. The van der Waals surface area contributed by atoms with E-state index in [0.717, 1.165) is 24.1 Å². The lowest BCUT2D eigenvalue weighted by molar-refractivity contribution is -0.122. The summed E-state index contributed by atoms with van der Waals surface area (Å²) in [5.74, 6) is -0.206. The van der Waals surface area contributed by atoms with Crippen molar-refractivity contribution < 1.29 is 14.1 Å². The summed E-state index contributed by atoms with van der Waals surface area (Å²) in [5.41, 5.74) is 3.27. The Kier molecular flexibility index (Phi) is 4.81. The molecule has 3 aromatic rings. The average molecular weight is 378 g/mol. The molecule has 144 valence electrons. The second-order valence-electron chi connectivity index (χ2n) is 7.22. The van der Waals surface area contributed by atoms with E-state index >= 15 is 0 Å². The van der Waals surface area contributed by atoms with Gasteiger partial charge < -0.3 is 15.2 Å². The van der Waals surface area contributed by atoms with Crippen LogP contribution in [0.2, 0.25) is 0 Å². The van der Waals surface area contributed by atoms with Crippen molar-refractivity contribution in [1.82, 2.24) is 20.8 Å². The number of amides is 2. The zero-order valence-electron chi connectivity index (χ0n) is 15.9. The normalized spacial score (nSPS) is 14.6. The Morgan fingerprint density at radius 1 is 1.25 bits per heavy atom. The van der Waals surface area contributed by atoms with Gasteiger partial charge in [0.2, 0.25) is 5.91 Å². The minimum Gasteiger partial charge on any atom is -0.350 e. The summed E-state index contributed by atoms with van der Waals surface area (Å²) >= 11 is 0. The predicted molar refractivity (Wildman–Crippen MR) is 104 cm³/mol. The molecule has 2 aromatic heterocycles. The highest BCUT2D eigenvalue weighted by Crippen LogP contribution is 2.40. The molecule has 1 aromatic carbocycles. The maximum atomic E-state index is 12.9. The van der Waals surface area contributed by atoms with Gasteiger partial charge in [-0.3, -0.25) is 9.59 Å². The molecule has 0 spiro atoms. The monoisotopic (exact) mass is 378 g/mol. The van der Waals surface area contributed by atoms with E-state index < -0.39 is 6.04 Å². The maximum Gasteiger partial charge on any atom is 0.259 e. The highest BCUT2D eigenvalue weighted by molar-refractivity contribution is 6.07. The Bertz CT molecular complexity index is 1020. The van der Waals surface area contributed by atoms with E-state index in [4.69, 9.17) is 4.52 Å². The van der Waals surface area contributed by atoms with Gasteiger partial charge in [0.15, 0.2) is 0 Å². The molecule has 0 aliphatic heterocycles. The first-order chi connectivity index (χ1) is 13.5. The van der Waals surface area contributed by atoms with Crippen molar-refractivity contribution in [2.45, 2.75) is 45.2 Å². The molecule has 1 saturated carbocycles. The van der Waals surface area contributed by atoms with E-state index in [1.165, 1.54) is 0 Å². The number of benzene rings is 1. The molecule has 2 amide bonds. The number of carbonyl (C=O) groups excluding carboxylic acids is 2. The molecule has 2 heterocycles. The van der Waals surface area contributed by atoms with Crippen LogP contribution in [0.15, 0.2) is 40.9 Å². The van der Waals surface area contributed by atoms with Gasteiger partial charge in [-0.1, -0.05) is 35.5 Å². The zero-order valence-corrected chi connectivity index (χ0v) is 15.9. The number of fused-ring (bicyclic) bond motifs is 1. The molecule has 7 heteroatoms. The SMILES string of the molecule is Cc1noc2nc(C3CC3)cc(C(=O)N[C@@H](C)C(=O)NCc3ccccc3)c12. The van der Waals surface area contributed by atoms with Gasteiger partial charge in [0, 0.05) is 18.2 Å². The van der Waals surface area contributed by atoms with E-state index in [2.05, 4.69) is 20.8 Å². The minimum absolute atomic E-state index is 0.244. The van der Waals surface area contributed by atoms with Crippen molar-refractivity contribution in [3.63, 3.8) is 0 Å². The lowest BCUT2D eigenvalue weighted by Gasteiger charge is -2.15. The molecule has 1 atom stereocenters. The van der Waals surface area contributed by atoms with E-state index in [1.54, 1.807) is 19.9 Å². The third-order valence-electron chi connectivity index (χ3n) is 4.93. The second-order valence-corrected chi connectivity index (χ2v) is 7.22. The highest BCUT2D eigenvalue weighted by Gasteiger charge is 2.29. The summed E-state index contributed by atoms with van der Waals surface area (Å²) in [4.78, 5) is 29.8. The fourth-order valence-electron chi connectivity index (χ4n) is 3.16. The van der Waals surface area contributed by atoms with Gasteiger partial charge in [0.1, 0.15) is 6.04 Å². The van der Waals surface area contributed by atoms with Crippen molar-refractivity contribution >= 4 is 22.9 Å². The van der Waals surface area contributed by atoms with Gasteiger partial charge in [0.25, 0.3) is 11.6 Å². The van der Waals surface area contributed by atoms with Gasteiger partial charge in [-0.2, -0.15) is 0 Å². The summed E-state index contributed by atoms with van der Waals surface area (Å²) in [7, 11) is 0. The number of aryl methyl sites for hydroxylation is 1. The molecule has 28 heavy (non-hydrogen) atoms. The van der Waals surface area contributed by atoms with Crippen molar-refractivity contribution in [2.75, 3.05) is 0 Å². The summed E-state index contributed by atoms with van der Waals surface area (Å²) in [6.45, 7) is 3.85. The van der Waals surface area contributed by atoms with Crippen LogP contribution in [0.1, 0.15) is 53.0 Å². The quantitative estimate of drug-likeness (QED) is 0.687. The number of nitrogens with zero attached hydrogens (tertiary/aromatic N) is 2. The van der Waals surface area contributed by atoms with Gasteiger partial charge in [-0.25, -0.2) is 4.98 Å². The average Bonchev–Trinajstić information content (AvgIpc) is 3.49. The van der Waals surface area contributed by atoms with Crippen molar-refractivity contribution in [1.29, 1.82) is 0 Å². The number of rotatable bonds is 6. The Morgan fingerprint density at radius 2 is 2.00 bits per heavy atom. The molecular formula is C21H22N4O3.